The van der Waals surface area contributed by atoms with E-state index in [0.29, 0.717) is 13.0 Å². The zero-order valence-electron chi connectivity index (χ0n) is 18.6. The zero-order valence-corrected chi connectivity index (χ0v) is 18.6. The van der Waals surface area contributed by atoms with Gasteiger partial charge in [0.1, 0.15) is 0 Å². The molecule has 1 aromatic carbocycles. The van der Waals surface area contributed by atoms with Crippen LogP contribution >= 0.6 is 0 Å². The van der Waals surface area contributed by atoms with Crippen LogP contribution in [-0.2, 0) is 16.1 Å². The van der Waals surface area contributed by atoms with Gasteiger partial charge in [-0.2, -0.15) is 0 Å². The van der Waals surface area contributed by atoms with Crippen LogP contribution < -0.4 is 10.2 Å². The van der Waals surface area contributed by atoms with Crippen LogP contribution in [0.2, 0.25) is 0 Å². The van der Waals surface area contributed by atoms with Crippen LogP contribution in [0.5, 0.6) is 0 Å². The molecule has 0 unspecified atom stereocenters. The summed E-state index contributed by atoms with van der Waals surface area (Å²) in [4.78, 5) is 29.3. The average molecular weight is 388 g/mol. The predicted octanol–water partition coefficient (Wildman–Crippen LogP) is 4.66. The first-order valence-electron chi connectivity index (χ1n) is 10.4. The molecule has 0 aliphatic heterocycles. The van der Waals surface area contributed by atoms with Crippen LogP contribution in [-0.4, -0.2) is 36.9 Å². The van der Waals surface area contributed by atoms with Crippen LogP contribution in [0, 0.1) is 11.3 Å². The second-order valence-corrected chi connectivity index (χ2v) is 9.52. The molecule has 156 valence electrons. The Bertz CT molecular complexity index is 702. The van der Waals surface area contributed by atoms with E-state index in [4.69, 9.17) is 0 Å². The van der Waals surface area contributed by atoms with Crippen molar-refractivity contribution >= 4 is 23.2 Å². The molecule has 1 saturated carbocycles. The maximum Gasteiger partial charge on any atom is 0.226 e. The van der Waals surface area contributed by atoms with Gasteiger partial charge in [0.2, 0.25) is 11.8 Å². The lowest BCUT2D eigenvalue weighted by Crippen LogP contribution is -2.39. The molecule has 1 aliphatic carbocycles. The number of carbonyl (C=O) groups is 2. The molecule has 0 saturated heterocycles. The van der Waals surface area contributed by atoms with Crippen molar-refractivity contribution in [3.8, 4) is 0 Å². The summed E-state index contributed by atoms with van der Waals surface area (Å²) in [7, 11) is 4.01. The zero-order chi connectivity index (χ0) is 21.1. The first-order valence-corrected chi connectivity index (χ1v) is 10.4. The van der Waals surface area contributed by atoms with E-state index in [9.17, 15) is 9.59 Å². The topological polar surface area (TPSA) is 52.7 Å². The van der Waals surface area contributed by atoms with Crippen LogP contribution in [0.1, 0.15) is 65.9 Å². The number of anilines is 2. The molecule has 1 aliphatic rings. The Morgan fingerprint density at radius 1 is 1.21 bits per heavy atom. The van der Waals surface area contributed by atoms with Gasteiger partial charge in [-0.25, -0.2) is 0 Å². The first kappa shape index (κ1) is 22.3. The second-order valence-electron chi connectivity index (χ2n) is 9.52. The summed E-state index contributed by atoms with van der Waals surface area (Å²) >= 11 is 0. The van der Waals surface area contributed by atoms with E-state index >= 15 is 0 Å². The molecule has 1 atom stereocenters. The summed E-state index contributed by atoms with van der Waals surface area (Å²) < 4.78 is 0. The SMILES string of the molecule is CC[C@@H](C)N(Cc1cc(NC(=O)CC(C)(C)C)ccc1N(C)C)C(=O)C1CC1. The molecule has 28 heavy (non-hydrogen) atoms. The minimum atomic E-state index is -0.0550. The summed E-state index contributed by atoms with van der Waals surface area (Å²) in [5.74, 6) is 0.483. The lowest BCUT2D eigenvalue weighted by Gasteiger charge is -2.31. The number of nitrogens with zero attached hydrogens (tertiary/aromatic N) is 2. The summed E-state index contributed by atoms with van der Waals surface area (Å²) in [6, 6.07) is 6.18. The van der Waals surface area contributed by atoms with Gasteiger partial charge in [-0.1, -0.05) is 27.7 Å². The third-order valence-corrected chi connectivity index (χ3v) is 5.21. The number of hydrogen-bond acceptors (Lipinski definition) is 3. The lowest BCUT2D eigenvalue weighted by molar-refractivity contribution is -0.135. The Balaban J connectivity index is 2.26. The van der Waals surface area contributed by atoms with Gasteiger partial charge in [-0.3, -0.25) is 9.59 Å². The number of hydrogen-bond donors (Lipinski definition) is 1. The molecule has 1 N–H and O–H groups in total. The van der Waals surface area contributed by atoms with Crippen molar-refractivity contribution in [3.63, 3.8) is 0 Å². The number of amides is 2. The van der Waals surface area contributed by atoms with Crippen molar-refractivity contribution in [1.29, 1.82) is 0 Å². The Kier molecular flexibility index (Phi) is 7.13. The monoisotopic (exact) mass is 387 g/mol. The number of benzene rings is 1. The molecule has 1 fully saturated rings. The third-order valence-electron chi connectivity index (χ3n) is 5.21. The molecule has 5 heteroatoms. The average Bonchev–Trinajstić information content (AvgIpc) is 3.41. The van der Waals surface area contributed by atoms with E-state index < -0.39 is 0 Å². The molecule has 5 nitrogen and oxygen atoms in total. The molecule has 1 aromatic rings. The third kappa shape index (κ3) is 6.25. The Hall–Kier alpha value is -2.04. The summed E-state index contributed by atoms with van der Waals surface area (Å²) in [6.45, 7) is 11.0. The van der Waals surface area contributed by atoms with E-state index in [2.05, 4.69) is 44.8 Å². The van der Waals surface area contributed by atoms with Gasteiger partial charge in [0, 0.05) is 50.4 Å². The summed E-state index contributed by atoms with van der Waals surface area (Å²) in [6.07, 6.45) is 3.42. The van der Waals surface area contributed by atoms with E-state index in [1.807, 2.05) is 37.2 Å². The summed E-state index contributed by atoms with van der Waals surface area (Å²) in [5, 5.41) is 3.02. The molecule has 2 amide bonds. The molecule has 0 radical (unpaired) electrons. The van der Waals surface area contributed by atoms with Crippen molar-refractivity contribution in [2.75, 3.05) is 24.3 Å². The molecular weight excluding hydrogens is 350 g/mol. The Labute approximate surface area is 170 Å². The van der Waals surface area contributed by atoms with Crippen LogP contribution in [0.3, 0.4) is 0 Å². The molecule has 0 heterocycles. The fourth-order valence-electron chi connectivity index (χ4n) is 3.33. The molecule has 0 spiro atoms. The van der Waals surface area contributed by atoms with Gasteiger partial charge in [-0.15, -0.1) is 0 Å². The lowest BCUT2D eigenvalue weighted by atomic mass is 9.92. The van der Waals surface area contributed by atoms with E-state index in [-0.39, 0.29) is 29.2 Å². The van der Waals surface area contributed by atoms with E-state index in [1.54, 1.807) is 0 Å². The fourth-order valence-corrected chi connectivity index (χ4v) is 3.33. The van der Waals surface area contributed by atoms with Crippen molar-refractivity contribution in [3.05, 3.63) is 23.8 Å². The van der Waals surface area contributed by atoms with Crippen LogP contribution in [0.15, 0.2) is 18.2 Å². The van der Waals surface area contributed by atoms with Gasteiger partial charge < -0.3 is 15.1 Å². The van der Waals surface area contributed by atoms with Crippen LogP contribution in [0.25, 0.3) is 0 Å². The number of nitrogens with one attached hydrogen (secondary N) is 1. The van der Waals surface area contributed by atoms with Gasteiger partial charge >= 0.3 is 0 Å². The van der Waals surface area contributed by atoms with Gasteiger partial charge in [0.15, 0.2) is 0 Å². The fraction of sp³-hybridized carbons (Fsp3) is 0.652. The van der Waals surface area contributed by atoms with Gasteiger partial charge in [-0.05, 0) is 55.4 Å². The maximum atomic E-state index is 12.9. The highest BCUT2D eigenvalue weighted by Crippen LogP contribution is 2.34. The van der Waals surface area contributed by atoms with Crippen molar-refractivity contribution in [2.24, 2.45) is 11.3 Å². The molecule has 0 aromatic heterocycles. The van der Waals surface area contributed by atoms with Crippen molar-refractivity contribution in [2.45, 2.75) is 72.9 Å². The smallest absolute Gasteiger partial charge is 0.226 e. The molecule has 0 bridgehead atoms. The maximum absolute atomic E-state index is 12.9. The highest BCUT2D eigenvalue weighted by atomic mass is 16.2. The minimum Gasteiger partial charge on any atom is -0.377 e. The molecule has 2 rings (SSSR count). The van der Waals surface area contributed by atoms with E-state index in [0.717, 1.165) is 36.2 Å². The predicted molar refractivity (Wildman–Crippen MR) is 116 cm³/mol. The van der Waals surface area contributed by atoms with Gasteiger partial charge in [0.05, 0.1) is 0 Å². The van der Waals surface area contributed by atoms with Crippen molar-refractivity contribution in [1.82, 2.24) is 4.90 Å². The quantitative estimate of drug-likeness (QED) is 0.705. The Morgan fingerprint density at radius 3 is 2.36 bits per heavy atom. The second kappa shape index (κ2) is 8.97. The first-order chi connectivity index (χ1) is 13.0. The van der Waals surface area contributed by atoms with Gasteiger partial charge in [0.25, 0.3) is 0 Å². The Morgan fingerprint density at radius 2 is 1.86 bits per heavy atom. The van der Waals surface area contributed by atoms with E-state index in [1.165, 1.54) is 0 Å². The summed E-state index contributed by atoms with van der Waals surface area (Å²) in [5.41, 5.74) is 2.87. The normalized spacial score (nSPS) is 15.1. The van der Waals surface area contributed by atoms with Crippen LogP contribution in [0.4, 0.5) is 11.4 Å². The standard InChI is InChI=1S/C23H37N3O2/c1-8-16(2)26(22(28)17-9-10-17)15-18-13-19(11-12-20(18)25(6)7)24-21(27)14-23(3,4)5/h11-13,16-17H,8-10,14-15H2,1-7H3,(H,24,27)/t16-/m1/s1. The number of rotatable bonds is 8. The highest BCUT2D eigenvalue weighted by Gasteiger charge is 2.35. The minimum absolute atomic E-state index is 0.0175. The van der Waals surface area contributed by atoms with Crippen molar-refractivity contribution < 1.29 is 9.59 Å². The largest absolute Gasteiger partial charge is 0.377 e. The highest BCUT2D eigenvalue weighted by molar-refractivity contribution is 5.91. The number of carbonyl (C=O) groups excluding carboxylic acids is 2. The molecular formula is C23H37N3O2.